The summed E-state index contributed by atoms with van der Waals surface area (Å²) in [6.07, 6.45) is 2.39. The minimum absolute atomic E-state index is 0.223. The van der Waals surface area contributed by atoms with Crippen molar-refractivity contribution in [1.82, 2.24) is 9.97 Å². The first-order valence-electron chi connectivity index (χ1n) is 8.91. The molecule has 8 heteroatoms. The lowest BCUT2D eigenvalue weighted by Gasteiger charge is -2.16. The average molecular weight is 374 g/mol. The maximum Gasteiger partial charge on any atom is 0.224 e. The minimum atomic E-state index is 0.223. The fraction of sp³-hybridized carbons (Fsp3) is 0.474. The highest BCUT2D eigenvalue weighted by molar-refractivity contribution is 5.67. The molecule has 0 amide bonds. The smallest absolute Gasteiger partial charge is 0.224 e. The summed E-state index contributed by atoms with van der Waals surface area (Å²) < 4.78 is 21.8. The molecule has 2 N–H and O–H groups in total. The van der Waals surface area contributed by atoms with Crippen LogP contribution in [-0.4, -0.2) is 50.6 Å². The van der Waals surface area contributed by atoms with Gasteiger partial charge in [0.1, 0.15) is 5.82 Å². The number of ether oxygens (including phenoxy) is 4. The normalized spacial score (nSPS) is 16.1. The highest BCUT2D eigenvalue weighted by Gasteiger charge is 2.16. The highest BCUT2D eigenvalue weighted by Crippen LogP contribution is 2.40. The Morgan fingerprint density at radius 2 is 1.81 bits per heavy atom. The minimum Gasteiger partial charge on any atom is -0.493 e. The lowest BCUT2D eigenvalue weighted by Crippen LogP contribution is -2.20. The zero-order valence-electron chi connectivity index (χ0n) is 16.2. The monoisotopic (exact) mass is 374 g/mol. The molecule has 2 aromatic rings. The Morgan fingerprint density at radius 3 is 2.41 bits per heavy atom. The molecule has 1 aromatic heterocycles. The molecule has 1 saturated heterocycles. The maximum atomic E-state index is 5.63. The molecule has 0 spiro atoms. The number of nitrogens with zero attached hydrogens (tertiary/aromatic N) is 2. The average Bonchev–Trinajstić information content (AvgIpc) is 3.18. The van der Waals surface area contributed by atoms with Gasteiger partial charge in [0.15, 0.2) is 11.5 Å². The number of rotatable bonds is 8. The van der Waals surface area contributed by atoms with Crippen LogP contribution in [0.4, 0.5) is 17.5 Å². The molecule has 0 saturated carbocycles. The Balaban J connectivity index is 1.78. The van der Waals surface area contributed by atoms with E-state index in [1.165, 1.54) is 0 Å². The third-order valence-corrected chi connectivity index (χ3v) is 4.30. The van der Waals surface area contributed by atoms with Crippen LogP contribution >= 0.6 is 0 Å². The van der Waals surface area contributed by atoms with Crippen LogP contribution in [0.5, 0.6) is 17.2 Å². The van der Waals surface area contributed by atoms with E-state index in [-0.39, 0.29) is 6.10 Å². The molecule has 2 heterocycles. The Morgan fingerprint density at radius 1 is 1.07 bits per heavy atom. The number of aromatic nitrogens is 2. The van der Waals surface area contributed by atoms with E-state index < -0.39 is 0 Å². The van der Waals surface area contributed by atoms with Crippen LogP contribution in [0.3, 0.4) is 0 Å². The van der Waals surface area contributed by atoms with E-state index in [4.69, 9.17) is 18.9 Å². The molecule has 3 rings (SSSR count). The van der Waals surface area contributed by atoms with E-state index in [9.17, 15) is 0 Å². The van der Waals surface area contributed by atoms with E-state index in [0.717, 1.165) is 30.8 Å². The van der Waals surface area contributed by atoms with Crippen molar-refractivity contribution in [2.75, 3.05) is 45.1 Å². The molecule has 1 fully saturated rings. The first-order valence-corrected chi connectivity index (χ1v) is 8.91. The zero-order valence-corrected chi connectivity index (χ0v) is 16.2. The molecule has 0 bridgehead atoms. The summed E-state index contributed by atoms with van der Waals surface area (Å²) in [5.74, 6) is 2.93. The molecule has 1 unspecified atom stereocenters. The van der Waals surface area contributed by atoms with E-state index >= 15 is 0 Å². The number of anilines is 3. The first kappa shape index (κ1) is 19.0. The summed E-state index contributed by atoms with van der Waals surface area (Å²) in [5.41, 5.74) is 1.63. The van der Waals surface area contributed by atoms with Crippen LogP contribution < -0.4 is 24.8 Å². The van der Waals surface area contributed by atoms with Gasteiger partial charge >= 0.3 is 0 Å². The largest absolute Gasteiger partial charge is 0.493 e. The van der Waals surface area contributed by atoms with Crippen molar-refractivity contribution >= 4 is 17.5 Å². The number of aryl methyl sites for hydroxylation is 1. The predicted octanol–water partition coefficient (Wildman–Crippen LogP) is 3.15. The lowest BCUT2D eigenvalue weighted by molar-refractivity contribution is 0.120. The summed E-state index contributed by atoms with van der Waals surface area (Å²) in [4.78, 5) is 8.99. The quantitative estimate of drug-likeness (QED) is 0.729. The van der Waals surface area contributed by atoms with Gasteiger partial charge in [-0.2, -0.15) is 4.98 Å². The predicted molar refractivity (Wildman–Crippen MR) is 104 cm³/mol. The van der Waals surface area contributed by atoms with Crippen LogP contribution in [0.15, 0.2) is 18.2 Å². The fourth-order valence-corrected chi connectivity index (χ4v) is 3.02. The molecule has 1 aliphatic heterocycles. The van der Waals surface area contributed by atoms with Crippen molar-refractivity contribution in [3.63, 3.8) is 0 Å². The maximum absolute atomic E-state index is 5.63. The number of hydrogen-bond donors (Lipinski definition) is 2. The molecule has 1 aromatic carbocycles. The number of methoxy groups -OCH3 is 3. The van der Waals surface area contributed by atoms with Gasteiger partial charge in [-0.05, 0) is 19.8 Å². The molecular weight excluding hydrogens is 348 g/mol. The highest BCUT2D eigenvalue weighted by atomic mass is 16.5. The van der Waals surface area contributed by atoms with Crippen LogP contribution in [0.2, 0.25) is 0 Å². The third-order valence-electron chi connectivity index (χ3n) is 4.30. The summed E-state index contributed by atoms with van der Waals surface area (Å²) >= 11 is 0. The van der Waals surface area contributed by atoms with Gasteiger partial charge in [0.2, 0.25) is 11.7 Å². The van der Waals surface area contributed by atoms with Crippen LogP contribution in [0, 0.1) is 6.92 Å². The van der Waals surface area contributed by atoms with Gasteiger partial charge in [0, 0.05) is 42.7 Å². The topological polar surface area (TPSA) is 86.8 Å². The standard InChI is InChI=1S/C19H26N4O4/c1-12-8-17(23-19(21-12)20-11-14-6-5-7-27-14)22-13-9-15(24-2)18(26-4)16(10-13)25-3/h8-10,14H,5-7,11H2,1-4H3,(H2,20,21,22,23). The fourth-order valence-electron chi connectivity index (χ4n) is 3.02. The van der Waals surface area contributed by atoms with E-state index in [0.29, 0.717) is 35.6 Å². The molecule has 27 heavy (non-hydrogen) atoms. The molecule has 8 nitrogen and oxygen atoms in total. The van der Waals surface area contributed by atoms with Crippen molar-refractivity contribution in [1.29, 1.82) is 0 Å². The summed E-state index contributed by atoms with van der Waals surface area (Å²) in [6.45, 7) is 3.46. The van der Waals surface area contributed by atoms with Gasteiger partial charge in [0.25, 0.3) is 0 Å². The number of nitrogens with one attached hydrogen (secondary N) is 2. The second-order valence-electron chi connectivity index (χ2n) is 6.27. The molecular formula is C19H26N4O4. The van der Waals surface area contributed by atoms with Crippen LogP contribution in [-0.2, 0) is 4.74 Å². The van der Waals surface area contributed by atoms with E-state index in [1.54, 1.807) is 21.3 Å². The van der Waals surface area contributed by atoms with Gasteiger partial charge < -0.3 is 29.6 Å². The Bertz CT molecular complexity index is 753. The van der Waals surface area contributed by atoms with E-state index in [2.05, 4.69) is 20.6 Å². The Labute approximate surface area is 159 Å². The second kappa shape index (κ2) is 8.77. The van der Waals surface area contributed by atoms with Crippen molar-refractivity contribution < 1.29 is 18.9 Å². The zero-order chi connectivity index (χ0) is 19.2. The van der Waals surface area contributed by atoms with Gasteiger partial charge in [-0.15, -0.1) is 0 Å². The van der Waals surface area contributed by atoms with Gasteiger partial charge in [0.05, 0.1) is 27.4 Å². The number of hydrogen-bond acceptors (Lipinski definition) is 8. The van der Waals surface area contributed by atoms with Gasteiger partial charge in [-0.25, -0.2) is 4.98 Å². The lowest BCUT2D eigenvalue weighted by atomic mass is 10.2. The molecule has 146 valence electrons. The SMILES string of the molecule is COc1cc(Nc2cc(C)nc(NCC3CCCO3)n2)cc(OC)c1OC. The first-order chi connectivity index (χ1) is 13.1. The van der Waals surface area contributed by atoms with E-state index in [1.807, 2.05) is 25.1 Å². The van der Waals surface area contributed by atoms with Crippen molar-refractivity contribution in [3.8, 4) is 17.2 Å². The summed E-state index contributed by atoms with van der Waals surface area (Å²) in [5, 5.41) is 6.54. The van der Waals surface area contributed by atoms with Crippen molar-refractivity contribution in [2.24, 2.45) is 0 Å². The van der Waals surface area contributed by atoms with Gasteiger partial charge in [-0.3, -0.25) is 0 Å². The molecule has 0 aliphatic carbocycles. The van der Waals surface area contributed by atoms with Crippen LogP contribution in [0.1, 0.15) is 18.5 Å². The third kappa shape index (κ3) is 4.71. The summed E-state index contributed by atoms with van der Waals surface area (Å²) in [6, 6.07) is 5.54. The van der Waals surface area contributed by atoms with Crippen molar-refractivity contribution in [3.05, 3.63) is 23.9 Å². The van der Waals surface area contributed by atoms with Crippen LogP contribution in [0.25, 0.3) is 0 Å². The molecule has 1 atom stereocenters. The molecule has 1 aliphatic rings. The molecule has 0 radical (unpaired) electrons. The Hall–Kier alpha value is -2.74. The van der Waals surface area contributed by atoms with Gasteiger partial charge in [-0.1, -0.05) is 0 Å². The Kier molecular flexibility index (Phi) is 6.18. The summed E-state index contributed by atoms with van der Waals surface area (Å²) in [7, 11) is 4.75. The van der Waals surface area contributed by atoms with Crippen molar-refractivity contribution in [2.45, 2.75) is 25.9 Å². The number of benzene rings is 1. The second-order valence-corrected chi connectivity index (χ2v) is 6.27.